The van der Waals surface area contributed by atoms with E-state index in [1.807, 2.05) is 41.0 Å². The van der Waals surface area contributed by atoms with Crippen LogP contribution in [-0.4, -0.2) is 17.5 Å². The lowest BCUT2D eigenvalue weighted by Gasteiger charge is -2.13. The molecule has 0 saturated carbocycles. The highest BCUT2D eigenvalue weighted by molar-refractivity contribution is 6.30. The van der Waals surface area contributed by atoms with Crippen molar-refractivity contribution in [2.24, 2.45) is 0 Å². The molecule has 0 amide bonds. The Kier molecular flexibility index (Phi) is 5.19. The van der Waals surface area contributed by atoms with Gasteiger partial charge in [-0.05, 0) is 54.1 Å². The summed E-state index contributed by atoms with van der Waals surface area (Å²) in [6, 6.07) is 21.6. The molecule has 0 bridgehead atoms. The fraction of sp³-hybridized carbons (Fsp3) is 0.0833. The molecule has 0 N–H and O–H groups in total. The van der Waals surface area contributed by atoms with Gasteiger partial charge < -0.3 is 9.30 Å². The van der Waals surface area contributed by atoms with E-state index in [0.29, 0.717) is 28.3 Å². The molecule has 5 heteroatoms. The summed E-state index contributed by atoms with van der Waals surface area (Å²) in [6.45, 7) is 0.515. The predicted molar refractivity (Wildman–Crippen MR) is 115 cm³/mol. The lowest BCUT2D eigenvalue weighted by atomic mass is 10.0. The van der Waals surface area contributed by atoms with Crippen molar-refractivity contribution in [3.63, 3.8) is 0 Å². The summed E-state index contributed by atoms with van der Waals surface area (Å²) in [7, 11) is 1.57. The third kappa shape index (κ3) is 3.80. The van der Waals surface area contributed by atoms with Crippen molar-refractivity contribution in [3.8, 4) is 5.75 Å². The molecule has 4 aromatic rings. The molecule has 4 rings (SSSR count). The standard InChI is InChI=1S/C24H18ClNO3/c1-29-19-12-8-17(9-13-19)23(27)21-15-26(14-16-6-10-18(25)11-7-16)22-5-3-2-4-20(22)24(21)28/h2-13,15H,14H2,1H3. The van der Waals surface area contributed by atoms with Crippen LogP contribution in [0.4, 0.5) is 0 Å². The molecule has 0 aliphatic heterocycles. The van der Waals surface area contributed by atoms with E-state index in [0.717, 1.165) is 11.1 Å². The van der Waals surface area contributed by atoms with E-state index in [9.17, 15) is 9.59 Å². The second-order valence-corrected chi connectivity index (χ2v) is 7.14. The van der Waals surface area contributed by atoms with Crippen LogP contribution in [0.1, 0.15) is 21.5 Å². The molecule has 3 aromatic carbocycles. The first-order valence-electron chi connectivity index (χ1n) is 9.12. The van der Waals surface area contributed by atoms with Crippen molar-refractivity contribution in [1.29, 1.82) is 0 Å². The Morgan fingerprint density at radius 1 is 0.966 bits per heavy atom. The van der Waals surface area contributed by atoms with Crippen molar-refractivity contribution in [1.82, 2.24) is 4.57 Å². The summed E-state index contributed by atoms with van der Waals surface area (Å²) in [5.74, 6) is 0.341. The van der Waals surface area contributed by atoms with Gasteiger partial charge >= 0.3 is 0 Å². The highest BCUT2D eigenvalue weighted by Crippen LogP contribution is 2.19. The summed E-state index contributed by atoms with van der Waals surface area (Å²) in [4.78, 5) is 26.1. The number of ether oxygens (including phenoxy) is 1. The molecule has 0 aliphatic rings. The van der Waals surface area contributed by atoms with Crippen molar-refractivity contribution in [3.05, 3.63) is 111 Å². The number of pyridine rings is 1. The number of nitrogens with zero attached hydrogens (tertiary/aromatic N) is 1. The molecule has 0 atom stereocenters. The van der Waals surface area contributed by atoms with E-state index in [4.69, 9.17) is 16.3 Å². The second-order valence-electron chi connectivity index (χ2n) is 6.70. The number of rotatable bonds is 5. The van der Waals surface area contributed by atoms with Crippen LogP contribution in [0, 0.1) is 0 Å². The summed E-state index contributed by atoms with van der Waals surface area (Å²) in [6.07, 6.45) is 1.64. The Morgan fingerprint density at radius 3 is 2.34 bits per heavy atom. The lowest BCUT2D eigenvalue weighted by molar-refractivity contribution is 0.103. The molecule has 0 saturated heterocycles. The number of halogens is 1. The zero-order chi connectivity index (χ0) is 20.4. The van der Waals surface area contributed by atoms with Crippen LogP contribution >= 0.6 is 11.6 Å². The van der Waals surface area contributed by atoms with Gasteiger partial charge in [0.25, 0.3) is 0 Å². The van der Waals surface area contributed by atoms with E-state index in [-0.39, 0.29) is 16.8 Å². The summed E-state index contributed by atoms with van der Waals surface area (Å²) < 4.78 is 7.07. The molecule has 29 heavy (non-hydrogen) atoms. The number of ketones is 1. The summed E-state index contributed by atoms with van der Waals surface area (Å²) in [5.41, 5.74) is 2.11. The number of hydrogen-bond donors (Lipinski definition) is 0. The average molecular weight is 404 g/mol. The Labute approximate surface area is 172 Å². The first-order chi connectivity index (χ1) is 14.1. The maximum absolute atomic E-state index is 13.1. The Hall–Kier alpha value is -3.37. The van der Waals surface area contributed by atoms with E-state index in [1.165, 1.54) is 0 Å². The molecular formula is C24H18ClNO3. The van der Waals surface area contributed by atoms with Crippen LogP contribution in [-0.2, 0) is 6.54 Å². The SMILES string of the molecule is COc1ccc(C(=O)c2cn(Cc3ccc(Cl)cc3)c3ccccc3c2=O)cc1. The van der Waals surface area contributed by atoms with Crippen molar-refractivity contribution < 1.29 is 9.53 Å². The van der Waals surface area contributed by atoms with Crippen LogP contribution in [0.25, 0.3) is 10.9 Å². The van der Waals surface area contributed by atoms with Gasteiger partial charge in [0, 0.05) is 28.7 Å². The Bertz CT molecular complexity index is 1240. The average Bonchev–Trinajstić information content (AvgIpc) is 2.77. The molecular weight excluding hydrogens is 386 g/mol. The first-order valence-corrected chi connectivity index (χ1v) is 9.50. The van der Waals surface area contributed by atoms with E-state index < -0.39 is 0 Å². The number of benzene rings is 3. The number of methoxy groups -OCH3 is 1. The number of carbonyl (C=O) groups excluding carboxylic acids is 1. The van der Waals surface area contributed by atoms with Crippen LogP contribution < -0.4 is 10.2 Å². The van der Waals surface area contributed by atoms with Gasteiger partial charge in [0.05, 0.1) is 18.2 Å². The minimum Gasteiger partial charge on any atom is -0.497 e. The van der Waals surface area contributed by atoms with Gasteiger partial charge in [-0.15, -0.1) is 0 Å². The molecule has 0 spiro atoms. The van der Waals surface area contributed by atoms with Crippen LogP contribution in [0.3, 0.4) is 0 Å². The van der Waals surface area contributed by atoms with Crippen LogP contribution in [0.2, 0.25) is 5.02 Å². The molecule has 4 nitrogen and oxygen atoms in total. The monoisotopic (exact) mass is 403 g/mol. The third-order valence-corrected chi connectivity index (χ3v) is 5.10. The minimum absolute atomic E-state index is 0.142. The molecule has 0 aliphatic carbocycles. The normalized spacial score (nSPS) is 10.8. The second kappa shape index (κ2) is 7.94. The largest absolute Gasteiger partial charge is 0.497 e. The molecule has 144 valence electrons. The first kappa shape index (κ1) is 19.0. The van der Waals surface area contributed by atoms with Crippen LogP contribution in [0.15, 0.2) is 83.8 Å². The summed E-state index contributed by atoms with van der Waals surface area (Å²) in [5, 5.41) is 1.18. The highest BCUT2D eigenvalue weighted by Gasteiger charge is 2.17. The molecule has 0 unspecified atom stereocenters. The number of fused-ring (bicyclic) bond motifs is 1. The topological polar surface area (TPSA) is 48.3 Å². The minimum atomic E-state index is -0.312. The zero-order valence-electron chi connectivity index (χ0n) is 15.8. The Morgan fingerprint density at radius 2 is 1.66 bits per heavy atom. The quantitative estimate of drug-likeness (QED) is 0.443. The summed E-state index contributed by atoms with van der Waals surface area (Å²) >= 11 is 5.98. The number of aromatic nitrogens is 1. The molecule has 0 radical (unpaired) electrons. The predicted octanol–water partition coefficient (Wildman–Crippen LogP) is 4.94. The van der Waals surface area contributed by atoms with Crippen LogP contribution in [0.5, 0.6) is 5.75 Å². The van der Waals surface area contributed by atoms with E-state index in [2.05, 4.69) is 0 Å². The zero-order valence-corrected chi connectivity index (χ0v) is 16.5. The van der Waals surface area contributed by atoms with Crippen molar-refractivity contribution in [2.45, 2.75) is 6.54 Å². The van der Waals surface area contributed by atoms with E-state index >= 15 is 0 Å². The van der Waals surface area contributed by atoms with Crippen molar-refractivity contribution >= 4 is 28.3 Å². The smallest absolute Gasteiger partial charge is 0.200 e. The van der Waals surface area contributed by atoms with Gasteiger partial charge in [0.15, 0.2) is 5.78 Å². The number of carbonyl (C=O) groups is 1. The Balaban J connectivity index is 1.83. The maximum Gasteiger partial charge on any atom is 0.200 e. The molecule has 0 fully saturated rings. The maximum atomic E-state index is 13.1. The fourth-order valence-corrected chi connectivity index (χ4v) is 3.45. The van der Waals surface area contributed by atoms with Gasteiger partial charge in [0.1, 0.15) is 5.75 Å². The van der Waals surface area contributed by atoms with Gasteiger partial charge in [-0.3, -0.25) is 9.59 Å². The van der Waals surface area contributed by atoms with Gasteiger partial charge in [-0.25, -0.2) is 0 Å². The number of hydrogen-bond acceptors (Lipinski definition) is 3. The number of para-hydroxylation sites is 1. The van der Waals surface area contributed by atoms with Gasteiger partial charge in [-0.2, -0.15) is 0 Å². The molecule has 1 aromatic heterocycles. The van der Waals surface area contributed by atoms with Gasteiger partial charge in [0.2, 0.25) is 5.43 Å². The lowest BCUT2D eigenvalue weighted by Crippen LogP contribution is -2.20. The molecule has 1 heterocycles. The van der Waals surface area contributed by atoms with E-state index in [1.54, 1.807) is 49.7 Å². The van der Waals surface area contributed by atoms with Gasteiger partial charge in [-0.1, -0.05) is 35.9 Å². The highest BCUT2D eigenvalue weighted by atomic mass is 35.5. The fourth-order valence-electron chi connectivity index (χ4n) is 3.32. The third-order valence-electron chi connectivity index (χ3n) is 4.85. The van der Waals surface area contributed by atoms with Crippen molar-refractivity contribution in [2.75, 3.05) is 7.11 Å².